The van der Waals surface area contributed by atoms with E-state index in [0.29, 0.717) is 25.3 Å². The number of ether oxygens (including phenoxy) is 1. The van der Waals surface area contributed by atoms with Crippen LogP contribution in [0.5, 0.6) is 5.75 Å². The Morgan fingerprint density at radius 2 is 2.00 bits per heavy atom. The van der Waals surface area contributed by atoms with Crippen LogP contribution in [0.15, 0.2) is 24.4 Å². The first-order valence-corrected chi connectivity index (χ1v) is 8.95. The summed E-state index contributed by atoms with van der Waals surface area (Å²) in [5.74, 6) is 0.969. The van der Waals surface area contributed by atoms with Crippen molar-refractivity contribution in [1.82, 2.24) is 19.9 Å². The van der Waals surface area contributed by atoms with E-state index in [1.165, 1.54) is 0 Å². The van der Waals surface area contributed by atoms with Crippen molar-refractivity contribution in [3.05, 3.63) is 41.2 Å². The second-order valence-corrected chi connectivity index (χ2v) is 7.30. The lowest BCUT2D eigenvalue weighted by Gasteiger charge is -2.21. The SMILES string of the molecule is Cc1cccc(C)c1OCCN1CCC(O)(c2cn(C(C)C)nn2)C1. The normalized spacial score (nSPS) is 21.2. The van der Waals surface area contributed by atoms with Gasteiger partial charge in [-0.2, -0.15) is 0 Å². The number of aliphatic hydroxyl groups is 1. The van der Waals surface area contributed by atoms with Gasteiger partial charge in [-0.05, 0) is 45.2 Å². The fourth-order valence-electron chi connectivity index (χ4n) is 3.32. The summed E-state index contributed by atoms with van der Waals surface area (Å²) in [4.78, 5) is 2.22. The summed E-state index contributed by atoms with van der Waals surface area (Å²) in [6.45, 7) is 11.0. The van der Waals surface area contributed by atoms with Crippen molar-refractivity contribution in [3.8, 4) is 5.75 Å². The highest BCUT2D eigenvalue weighted by atomic mass is 16.5. The molecule has 0 amide bonds. The van der Waals surface area contributed by atoms with Gasteiger partial charge >= 0.3 is 0 Å². The molecule has 0 radical (unpaired) electrons. The molecule has 1 saturated heterocycles. The first-order valence-electron chi connectivity index (χ1n) is 8.95. The molecule has 0 saturated carbocycles. The second-order valence-electron chi connectivity index (χ2n) is 7.30. The number of para-hydroxylation sites is 1. The lowest BCUT2D eigenvalue weighted by Crippen LogP contribution is -2.33. The highest BCUT2D eigenvalue weighted by Gasteiger charge is 2.40. The van der Waals surface area contributed by atoms with Gasteiger partial charge in [-0.15, -0.1) is 5.10 Å². The highest BCUT2D eigenvalue weighted by Crippen LogP contribution is 2.30. The third kappa shape index (κ3) is 3.85. The summed E-state index contributed by atoms with van der Waals surface area (Å²) >= 11 is 0. The number of nitrogens with zero attached hydrogens (tertiary/aromatic N) is 4. The Morgan fingerprint density at radius 3 is 2.64 bits per heavy atom. The Kier molecular flexibility index (Phi) is 5.11. The summed E-state index contributed by atoms with van der Waals surface area (Å²) in [6.07, 6.45) is 2.54. The van der Waals surface area contributed by atoms with Gasteiger partial charge in [0.2, 0.25) is 0 Å². The maximum absolute atomic E-state index is 10.9. The molecular formula is C19H28N4O2. The lowest BCUT2D eigenvalue weighted by atomic mass is 10.00. The molecule has 6 heteroatoms. The number of aryl methyl sites for hydroxylation is 2. The molecule has 1 aromatic heterocycles. The minimum absolute atomic E-state index is 0.244. The number of aromatic nitrogens is 3. The van der Waals surface area contributed by atoms with Crippen LogP contribution in [0.2, 0.25) is 0 Å². The van der Waals surface area contributed by atoms with Crippen LogP contribution in [-0.2, 0) is 5.60 Å². The van der Waals surface area contributed by atoms with Crippen LogP contribution >= 0.6 is 0 Å². The molecule has 1 N–H and O–H groups in total. The van der Waals surface area contributed by atoms with Gasteiger partial charge in [0.25, 0.3) is 0 Å². The summed E-state index contributed by atoms with van der Waals surface area (Å²) in [5.41, 5.74) is 2.07. The molecule has 1 aliphatic heterocycles. The first-order chi connectivity index (χ1) is 11.9. The number of hydrogen-bond acceptors (Lipinski definition) is 5. The molecular weight excluding hydrogens is 316 g/mol. The van der Waals surface area contributed by atoms with E-state index in [-0.39, 0.29) is 6.04 Å². The number of likely N-dealkylation sites (tertiary alicyclic amines) is 1. The van der Waals surface area contributed by atoms with E-state index in [9.17, 15) is 5.11 Å². The molecule has 3 rings (SSSR count). The second kappa shape index (κ2) is 7.14. The van der Waals surface area contributed by atoms with Gasteiger partial charge in [-0.3, -0.25) is 4.90 Å². The van der Waals surface area contributed by atoms with Crippen LogP contribution in [0, 0.1) is 13.8 Å². The maximum Gasteiger partial charge on any atom is 0.125 e. The Morgan fingerprint density at radius 1 is 1.28 bits per heavy atom. The smallest absolute Gasteiger partial charge is 0.125 e. The van der Waals surface area contributed by atoms with E-state index >= 15 is 0 Å². The zero-order valence-corrected chi connectivity index (χ0v) is 15.6. The third-order valence-electron chi connectivity index (χ3n) is 4.91. The van der Waals surface area contributed by atoms with Crippen molar-refractivity contribution in [1.29, 1.82) is 0 Å². The van der Waals surface area contributed by atoms with Crippen LogP contribution in [0.3, 0.4) is 0 Å². The Balaban J connectivity index is 1.56. The van der Waals surface area contributed by atoms with E-state index in [0.717, 1.165) is 30.0 Å². The van der Waals surface area contributed by atoms with E-state index < -0.39 is 5.60 Å². The van der Waals surface area contributed by atoms with Gasteiger partial charge in [0.15, 0.2) is 0 Å². The Bertz CT molecular complexity index is 708. The topological polar surface area (TPSA) is 63.4 Å². The van der Waals surface area contributed by atoms with Gasteiger partial charge in [-0.25, -0.2) is 4.68 Å². The van der Waals surface area contributed by atoms with Crippen LogP contribution in [-0.4, -0.2) is 51.2 Å². The quantitative estimate of drug-likeness (QED) is 0.872. The van der Waals surface area contributed by atoms with Crippen LogP contribution in [0.1, 0.15) is 43.1 Å². The van der Waals surface area contributed by atoms with Crippen molar-refractivity contribution < 1.29 is 9.84 Å². The Hall–Kier alpha value is -1.92. The average molecular weight is 344 g/mol. The summed E-state index contributed by atoms with van der Waals surface area (Å²) in [6, 6.07) is 6.42. The summed E-state index contributed by atoms with van der Waals surface area (Å²) < 4.78 is 7.78. The number of β-amino-alcohol motifs (C(OH)–C–C–N with tert-alkyl or cyclic N) is 1. The summed E-state index contributed by atoms with van der Waals surface area (Å²) in [7, 11) is 0. The van der Waals surface area contributed by atoms with Crippen molar-refractivity contribution in [2.75, 3.05) is 26.2 Å². The highest BCUT2D eigenvalue weighted by molar-refractivity contribution is 5.39. The van der Waals surface area contributed by atoms with Crippen molar-refractivity contribution in [2.45, 2.75) is 45.8 Å². The van der Waals surface area contributed by atoms with Gasteiger partial charge in [-0.1, -0.05) is 23.4 Å². The first kappa shape index (κ1) is 17.9. The average Bonchev–Trinajstić information content (AvgIpc) is 3.18. The number of rotatable bonds is 6. The summed E-state index contributed by atoms with van der Waals surface area (Å²) in [5, 5.41) is 19.2. The minimum atomic E-state index is -0.911. The predicted octanol–water partition coefficient (Wildman–Crippen LogP) is 2.45. The molecule has 1 aromatic carbocycles. The van der Waals surface area contributed by atoms with Gasteiger partial charge in [0.05, 0.1) is 6.20 Å². The zero-order chi connectivity index (χ0) is 18.0. The van der Waals surface area contributed by atoms with Gasteiger partial charge in [0.1, 0.15) is 23.7 Å². The van der Waals surface area contributed by atoms with Crippen LogP contribution in [0.4, 0.5) is 0 Å². The van der Waals surface area contributed by atoms with Gasteiger partial charge in [0, 0.05) is 25.7 Å². The molecule has 1 unspecified atom stereocenters. The van der Waals surface area contributed by atoms with E-state index in [4.69, 9.17) is 4.74 Å². The van der Waals surface area contributed by atoms with E-state index in [1.807, 2.05) is 26.1 Å². The molecule has 2 aromatic rings. The molecule has 0 spiro atoms. The predicted molar refractivity (Wildman–Crippen MR) is 96.8 cm³/mol. The molecule has 1 aliphatic rings. The van der Waals surface area contributed by atoms with E-state index in [2.05, 4.69) is 41.2 Å². The molecule has 2 heterocycles. The molecule has 1 fully saturated rings. The lowest BCUT2D eigenvalue weighted by molar-refractivity contribution is 0.0403. The maximum atomic E-state index is 10.9. The fourth-order valence-corrected chi connectivity index (χ4v) is 3.32. The van der Waals surface area contributed by atoms with Crippen LogP contribution < -0.4 is 4.74 Å². The van der Waals surface area contributed by atoms with Crippen molar-refractivity contribution in [2.24, 2.45) is 0 Å². The Labute approximate surface area is 149 Å². The monoisotopic (exact) mass is 344 g/mol. The largest absolute Gasteiger partial charge is 0.492 e. The minimum Gasteiger partial charge on any atom is -0.492 e. The molecule has 0 bridgehead atoms. The van der Waals surface area contributed by atoms with Crippen molar-refractivity contribution in [3.63, 3.8) is 0 Å². The number of hydrogen-bond donors (Lipinski definition) is 1. The molecule has 136 valence electrons. The number of benzene rings is 1. The third-order valence-corrected chi connectivity index (χ3v) is 4.91. The fraction of sp³-hybridized carbons (Fsp3) is 0.579. The zero-order valence-electron chi connectivity index (χ0n) is 15.6. The van der Waals surface area contributed by atoms with E-state index in [1.54, 1.807) is 4.68 Å². The standard InChI is InChI=1S/C19H28N4O2/c1-14(2)23-12-17(20-21-23)19(24)8-9-22(13-19)10-11-25-18-15(3)6-5-7-16(18)4/h5-7,12,14,24H,8-11,13H2,1-4H3. The molecule has 25 heavy (non-hydrogen) atoms. The van der Waals surface area contributed by atoms with Crippen LogP contribution in [0.25, 0.3) is 0 Å². The molecule has 6 nitrogen and oxygen atoms in total. The molecule has 0 aliphatic carbocycles. The molecule has 1 atom stereocenters. The van der Waals surface area contributed by atoms with Crippen molar-refractivity contribution >= 4 is 0 Å². The van der Waals surface area contributed by atoms with Gasteiger partial charge < -0.3 is 9.84 Å².